The Morgan fingerprint density at radius 2 is 1.51 bits per heavy atom. The van der Waals surface area contributed by atoms with Crippen molar-refractivity contribution < 1.29 is 33.3 Å². The Balaban J connectivity index is 1.45. The van der Waals surface area contributed by atoms with Crippen molar-refractivity contribution >= 4 is 29.6 Å². The number of carbonyl (C=O) groups excluding carboxylic acids is 3. The molecular formula is C32H34N2O7. The number of amides is 4. The monoisotopic (exact) mass is 558 g/mol. The number of methoxy groups -OCH3 is 1. The largest absolute Gasteiger partial charge is 0.497 e. The van der Waals surface area contributed by atoms with Crippen molar-refractivity contribution in [2.24, 2.45) is 0 Å². The summed E-state index contributed by atoms with van der Waals surface area (Å²) in [6.45, 7) is 7.21. The van der Waals surface area contributed by atoms with Gasteiger partial charge in [0, 0.05) is 0 Å². The van der Waals surface area contributed by atoms with Gasteiger partial charge in [0.2, 0.25) is 0 Å². The Morgan fingerprint density at radius 3 is 2.17 bits per heavy atom. The zero-order valence-corrected chi connectivity index (χ0v) is 23.6. The first kappa shape index (κ1) is 29.2. The van der Waals surface area contributed by atoms with E-state index in [9.17, 15) is 14.4 Å². The molecule has 3 aromatic carbocycles. The van der Waals surface area contributed by atoms with Crippen molar-refractivity contribution in [1.29, 1.82) is 0 Å². The molecule has 1 N–H and O–H groups in total. The number of carbonyl (C=O) groups is 3. The summed E-state index contributed by atoms with van der Waals surface area (Å²) in [7, 11) is 1.52. The highest BCUT2D eigenvalue weighted by Gasteiger charge is 2.36. The van der Waals surface area contributed by atoms with Gasteiger partial charge in [-0.15, -0.1) is 0 Å². The highest BCUT2D eigenvalue weighted by molar-refractivity contribution is 6.39. The topological polar surface area (TPSA) is 103 Å². The first-order valence-electron chi connectivity index (χ1n) is 13.5. The van der Waals surface area contributed by atoms with E-state index in [2.05, 4.69) is 31.3 Å². The van der Waals surface area contributed by atoms with E-state index in [4.69, 9.17) is 18.9 Å². The molecule has 0 unspecified atom stereocenters. The Morgan fingerprint density at radius 1 is 0.829 bits per heavy atom. The molecule has 1 saturated heterocycles. The number of urea groups is 1. The van der Waals surface area contributed by atoms with Crippen LogP contribution in [0.5, 0.6) is 23.0 Å². The second-order valence-electron chi connectivity index (χ2n) is 9.37. The summed E-state index contributed by atoms with van der Waals surface area (Å²) in [6, 6.07) is 18.7. The molecule has 0 aromatic heterocycles. The Hall–Kier alpha value is -4.79. The normalized spacial score (nSPS) is 15.0. The standard InChI is InChI=1S/C32H34N2O7/c1-5-21(3)23-8-12-26(13-9-23)40-17-18-41-28-16-7-22(20-29(28)39-6-2)19-27-30(35)33-32(37)34(31(27)36)24-10-14-25(38-4)15-11-24/h7-16,19-21H,5-6,17-18H2,1-4H3,(H,33,35,37)/b27-19-/t21-/m1/s1. The van der Waals surface area contributed by atoms with Crippen molar-refractivity contribution in [2.75, 3.05) is 31.8 Å². The van der Waals surface area contributed by atoms with Crippen LogP contribution < -0.4 is 29.2 Å². The van der Waals surface area contributed by atoms with Crippen molar-refractivity contribution in [1.82, 2.24) is 5.32 Å². The van der Waals surface area contributed by atoms with Gasteiger partial charge in [-0.2, -0.15) is 0 Å². The lowest BCUT2D eigenvalue weighted by atomic mass is 9.99. The molecule has 1 aliphatic heterocycles. The number of hydrogen-bond acceptors (Lipinski definition) is 7. The minimum absolute atomic E-state index is 0.190. The van der Waals surface area contributed by atoms with Gasteiger partial charge in [0.05, 0.1) is 19.4 Å². The number of anilines is 1. The van der Waals surface area contributed by atoms with E-state index in [0.29, 0.717) is 47.6 Å². The van der Waals surface area contributed by atoms with Crippen LogP contribution in [0, 0.1) is 0 Å². The first-order chi connectivity index (χ1) is 19.8. The summed E-state index contributed by atoms with van der Waals surface area (Å²) < 4.78 is 22.6. The second-order valence-corrected chi connectivity index (χ2v) is 9.37. The zero-order chi connectivity index (χ0) is 29.4. The molecule has 0 spiro atoms. The van der Waals surface area contributed by atoms with E-state index in [-0.39, 0.29) is 12.2 Å². The molecule has 1 heterocycles. The summed E-state index contributed by atoms with van der Waals surface area (Å²) >= 11 is 0. The maximum absolute atomic E-state index is 13.2. The van der Waals surface area contributed by atoms with Crippen molar-refractivity contribution in [2.45, 2.75) is 33.1 Å². The molecule has 1 atom stereocenters. The van der Waals surface area contributed by atoms with Gasteiger partial charge in [-0.1, -0.05) is 32.0 Å². The smallest absolute Gasteiger partial charge is 0.335 e. The van der Waals surface area contributed by atoms with E-state index >= 15 is 0 Å². The third-order valence-corrected chi connectivity index (χ3v) is 6.68. The summed E-state index contributed by atoms with van der Waals surface area (Å²) in [5, 5.41) is 2.23. The van der Waals surface area contributed by atoms with Crippen LogP contribution in [0.4, 0.5) is 10.5 Å². The summed E-state index contributed by atoms with van der Waals surface area (Å²) in [5.74, 6) is 1.27. The molecular weight excluding hydrogens is 524 g/mol. The van der Waals surface area contributed by atoms with Crippen LogP contribution in [0.1, 0.15) is 44.2 Å². The molecule has 4 amide bonds. The Kier molecular flexibility index (Phi) is 9.63. The van der Waals surface area contributed by atoms with Crippen LogP contribution in [0.25, 0.3) is 6.08 Å². The van der Waals surface area contributed by atoms with Crippen LogP contribution in [0.3, 0.4) is 0 Å². The minimum atomic E-state index is -0.824. The van der Waals surface area contributed by atoms with E-state index in [1.807, 2.05) is 19.1 Å². The summed E-state index contributed by atoms with van der Waals surface area (Å²) in [6.07, 6.45) is 2.50. The number of nitrogens with one attached hydrogen (secondary N) is 1. The SMILES string of the molecule is CCOc1cc(/C=C2/C(=O)NC(=O)N(c3ccc(OC)cc3)C2=O)ccc1OCCOc1ccc([C@H](C)CC)cc1. The summed E-state index contributed by atoms with van der Waals surface area (Å²) in [4.78, 5) is 39.2. The fourth-order valence-corrected chi connectivity index (χ4v) is 4.23. The predicted molar refractivity (Wildman–Crippen MR) is 156 cm³/mol. The van der Waals surface area contributed by atoms with Gasteiger partial charge in [0.25, 0.3) is 11.8 Å². The van der Waals surface area contributed by atoms with Crippen LogP contribution in [0.15, 0.2) is 72.3 Å². The molecule has 214 valence electrons. The van der Waals surface area contributed by atoms with Gasteiger partial charge >= 0.3 is 6.03 Å². The van der Waals surface area contributed by atoms with Crippen LogP contribution >= 0.6 is 0 Å². The number of rotatable bonds is 12. The lowest BCUT2D eigenvalue weighted by Gasteiger charge is -2.26. The number of benzene rings is 3. The molecule has 41 heavy (non-hydrogen) atoms. The lowest BCUT2D eigenvalue weighted by Crippen LogP contribution is -2.54. The van der Waals surface area contributed by atoms with Crippen molar-refractivity contribution in [3.63, 3.8) is 0 Å². The van der Waals surface area contributed by atoms with Gasteiger partial charge < -0.3 is 18.9 Å². The minimum Gasteiger partial charge on any atom is -0.497 e. The van der Waals surface area contributed by atoms with E-state index in [1.165, 1.54) is 18.7 Å². The molecule has 3 aromatic rings. The third kappa shape index (κ3) is 7.05. The molecule has 0 aliphatic carbocycles. The third-order valence-electron chi connectivity index (χ3n) is 6.68. The molecule has 0 radical (unpaired) electrons. The van der Waals surface area contributed by atoms with Crippen molar-refractivity contribution in [3.8, 4) is 23.0 Å². The van der Waals surface area contributed by atoms with Crippen LogP contribution in [0.2, 0.25) is 0 Å². The van der Waals surface area contributed by atoms with Crippen molar-refractivity contribution in [3.05, 3.63) is 83.4 Å². The quantitative estimate of drug-likeness (QED) is 0.172. The number of nitrogens with zero attached hydrogens (tertiary/aromatic N) is 1. The highest BCUT2D eigenvalue weighted by atomic mass is 16.5. The van der Waals surface area contributed by atoms with Gasteiger partial charge in [-0.25, -0.2) is 9.69 Å². The number of imide groups is 2. The average Bonchev–Trinajstić information content (AvgIpc) is 2.98. The molecule has 9 heteroatoms. The number of barbiturate groups is 1. The van der Waals surface area contributed by atoms with E-state index < -0.39 is 17.8 Å². The van der Waals surface area contributed by atoms with Gasteiger partial charge in [0.1, 0.15) is 30.3 Å². The van der Waals surface area contributed by atoms with Crippen LogP contribution in [-0.2, 0) is 9.59 Å². The van der Waals surface area contributed by atoms with Gasteiger partial charge in [-0.05, 0) is 85.0 Å². The molecule has 0 bridgehead atoms. The lowest BCUT2D eigenvalue weighted by molar-refractivity contribution is -0.122. The molecule has 0 saturated carbocycles. The first-order valence-corrected chi connectivity index (χ1v) is 13.5. The fraction of sp³-hybridized carbons (Fsp3) is 0.281. The molecule has 1 fully saturated rings. The molecule has 4 rings (SSSR count). The number of ether oxygens (including phenoxy) is 4. The van der Waals surface area contributed by atoms with Gasteiger partial charge in [-0.3, -0.25) is 14.9 Å². The van der Waals surface area contributed by atoms with E-state index in [1.54, 1.807) is 42.5 Å². The highest BCUT2D eigenvalue weighted by Crippen LogP contribution is 2.31. The fourth-order valence-electron chi connectivity index (χ4n) is 4.23. The van der Waals surface area contributed by atoms with E-state index in [0.717, 1.165) is 17.1 Å². The summed E-state index contributed by atoms with van der Waals surface area (Å²) in [5.41, 5.74) is 1.92. The zero-order valence-electron chi connectivity index (χ0n) is 23.6. The molecule has 1 aliphatic rings. The molecule has 9 nitrogen and oxygen atoms in total. The maximum atomic E-state index is 13.2. The predicted octanol–water partition coefficient (Wildman–Crippen LogP) is 5.73. The Bertz CT molecular complexity index is 1410. The maximum Gasteiger partial charge on any atom is 0.335 e. The Labute approximate surface area is 239 Å². The second kappa shape index (κ2) is 13.5. The average molecular weight is 559 g/mol. The van der Waals surface area contributed by atoms with Crippen LogP contribution in [-0.4, -0.2) is 44.8 Å². The number of hydrogen-bond donors (Lipinski definition) is 1. The van der Waals surface area contributed by atoms with Gasteiger partial charge in [0.15, 0.2) is 11.5 Å².